The Labute approximate surface area is 77.2 Å². The normalized spacial score (nSPS) is 17.8. The van der Waals surface area contributed by atoms with E-state index in [0.717, 1.165) is 6.08 Å². The standard InChI is InChI=1S/C8H8O4S/c9-7(10)5-6(8(11)12)13-3-1-2-4-13/h1-5,13H,(H,9,10)(H,11,12)/b6-5+. The molecule has 0 amide bonds. The number of hydrogen-bond acceptors (Lipinski definition) is 2. The van der Waals surface area contributed by atoms with Crippen molar-refractivity contribution in [3.05, 3.63) is 33.9 Å². The van der Waals surface area contributed by atoms with E-state index in [-0.39, 0.29) is 4.91 Å². The predicted molar refractivity (Wildman–Crippen MR) is 50.6 cm³/mol. The quantitative estimate of drug-likeness (QED) is 0.470. The van der Waals surface area contributed by atoms with Gasteiger partial charge in [-0.05, 0) is 10.8 Å². The molecule has 13 heavy (non-hydrogen) atoms. The number of allylic oxidation sites excluding steroid dienone is 2. The van der Waals surface area contributed by atoms with Gasteiger partial charge in [0, 0.05) is 6.08 Å². The lowest BCUT2D eigenvalue weighted by Gasteiger charge is -2.09. The fraction of sp³-hybridized carbons (Fsp3) is 0. The molecule has 70 valence electrons. The van der Waals surface area contributed by atoms with Gasteiger partial charge in [0.25, 0.3) is 0 Å². The highest BCUT2D eigenvalue weighted by molar-refractivity contribution is 8.26. The number of carboxylic acid groups (broad SMARTS) is 2. The van der Waals surface area contributed by atoms with Crippen molar-refractivity contribution in [1.29, 1.82) is 0 Å². The van der Waals surface area contributed by atoms with Crippen LogP contribution in [0, 0.1) is 0 Å². The second-order valence-corrected chi connectivity index (χ2v) is 4.16. The Kier molecular flexibility index (Phi) is 2.92. The number of aliphatic carboxylic acids is 2. The summed E-state index contributed by atoms with van der Waals surface area (Å²) in [7, 11) is -1.06. The van der Waals surface area contributed by atoms with Gasteiger partial charge in [0.15, 0.2) is 0 Å². The predicted octanol–water partition coefficient (Wildman–Crippen LogP) is 1.08. The molecule has 0 atom stereocenters. The Morgan fingerprint density at radius 3 is 2.08 bits per heavy atom. The lowest BCUT2D eigenvalue weighted by molar-refractivity contribution is -0.134. The van der Waals surface area contributed by atoms with Gasteiger partial charge in [0.1, 0.15) is 0 Å². The van der Waals surface area contributed by atoms with Gasteiger partial charge in [-0.2, -0.15) is 10.9 Å². The Hall–Kier alpha value is -1.49. The van der Waals surface area contributed by atoms with Crippen molar-refractivity contribution in [3.63, 3.8) is 0 Å². The van der Waals surface area contributed by atoms with Crippen LogP contribution in [0.5, 0.6) is 0 Å². The summed E-state index contributed by atoms with van der Waals surface area (Å²) >= 11 is 0. The van der Waals surface area contributed by atoms with Crippen LogP contribution in [-0.4, -0.2) is 22.2 Å². The van der Waals surface area contributed by atoms with Crippen molar-refractivity contribution in [2.24, 2.45) is 0 Å². The summed E-state index contributed by atoms with van der Waals surface area (Å²) in [5.41, 5.74) is 0. The van der Waals surface area contributed by atoms with Crippen LogP contribution in [-0.2, 0) is 9.59 Å². The van der Waals surface area contributed by atoms with Gasteiger partial charge in [-0.1, -0.05) is 12.2 Å². The first-order valence-electron chi connectivity index (χ1n) is 3.42. The average molecular weight is 200 g/mol. The Balaban J connectivity index is 2.92. The molecule has 1 heterocycles. The zero-order chi connectivity index (χ0) is 9.84. The second-order valence-electron chi connectivity index (χ2n) is 2.26. The molecule has 0 aromatic rings. The highest BCUT2D eigenvalue weighted by atomic mass is 32.2. The molecule has 0 spiro atoms. The fourth-order valence-corrected chi connectivity index (χ4v) is 2.33. The molecule has 1 aliphatic heterocycles. The zero-order valence-electron chi connectivity index (χ0n) is 6.54. The first kappa shape index (κ1) is 9.60. The summed E-state index contributed by atoms with van der Waals surface area (Å²) in [6.07, 6.45) is 4.17. The van der Waals surface area contributed by atoms with E-state index in [1.165, 1.54) is 0 Å². The molecule has 1 rings (SSSR count). The van der Waals surface area contributed by atoms with Crippen molar-refractivity contribution in [2.45, 2.75) is 0 Å². The number of thiol groups is 1. The van der Waals surface area contributed by atoms with Crippen LogP contribution in [0.2, 0.25) is 0 Å². The van der Waals surface area contributed by atoms with E-state index in [2.05, 4.69) is 0 Å². The van der Waals surface area contributed by atoms with Gasteiger partial charge in [-0.25, -0.2) is 9.59 Å². The van der Waals surface area contributed by atoms with E-state index in [0.29, 0.717) is 0 Å². The molecule has 0 saturated carbocycles. The number of carbonyl (C=O) groups is 2. The molecule has 0 fully saturated rings. The van der Waals surface area contributed by atoms with Crippen molar-refractivity contribution in [3.8, 4) is 0 Å². The largest absolute Gasteiger partial charge is 0.478 e. The SMILES string of the molecule is O=C(O)/C=C(\C(=O)O)[SH]1C=CC=C1. The van der Waals surface area contributed by atoms with Crippen LogP contribution < -0.4 is 0 Å². The van der Waals surface area contributed by atoms with Crippen LogP contribution in [0.4, 0.5) is 0 Å². The molecule has 1 aliphatic rings. The molecule has 0 aliphatic carbocycles. The van der Waals surface area contributed by atoms with E-state index in [4.69, 9.17) is 10.2 Å². The van der Waals surface area contributed by atoms with E-state index < -0.39 is 22.8 Å². The molecule has 4 nitrogen and oxygen atoms in total. The highest BCUT2D eigenvalue weighted by Gasteiger charge is 2.15. The molecule has 0 unspecified atom stereocenters. The Morgan fingerprint density at radius 1 is 1.15 bits per heavy atom. The minimum absolute atomic E-state index is 0.0625. The maximum atomic E-state index is 10.6. The summed E-state index contributed by atoms with van der Waals surface area (Å²) in [6.45, 7) is 0. The first-order valence-corrected chi connectivity index (χ1v) is 4.90. The van der Waals surface area contributed by atoms with Crippen LogP contribution in [0.15, 0.2) is 33.9 Å². The monoisotopic (exact) mass is 200 g/mol. The molecule has 0 aromatic heterocycles. The van der Waals surface area contributed by atoms with Crippen LogP contribution >= 0.6 is 10.9 Å². The number of carboxylic acids is 2. The summed E-state index contributed by atoms with van der Waals surface area (Å²) in [4.78, 5) is 20.9. The minimum atomic E-state index is -1.23. The second kappa shape index (κ2) is 3.95. The number of rotatable bonds is 3. The third kappa shape index (κ3) is 2.48. The molecule has 0 saturated heterocycles. The lowest BCUT2D eigenvalue weighted by atomic mass is 10.5. The average Bonchev–Trinajstić information content (AvgIpc) is 2.50. The lowest BCUT2D eigenvalue weighted by Crippen LogP contribution is -2.02. The Bertz CT molecular complexity index is 315. The third-order valence-corrected chi connectivity index (χ3v) is 3.23. The molecule has 0 radical (unpaired) electrons. The van der Waals surface area contributed by atoms with Crippen molar-refractivity contribution < 1.29 is 19.8 Å². The van der Waals surface area contributed by atoms with E-state index in [9.17, 15) is 9.59 Å². The molecule has 5 heteroatoms. The molecular weight excluding hydrogens is 192 g/mol. The Morgan fingerprint density at radius 2 is 1.69 bits per heavy atom. The molecule has 0 aromatic carbocycles. The topological polar surface area (TPSA) is 74.6 Å². The van der Waals surface area contributed by atoms with Crippen molar-refractivity contribution >= 4 is 22.8 Å². The third-order valence-electron chi connectivity index (χ3n) is 1.36. The fourth-order valence-electron chi connectivity index (χ4n) is 0.859. The van der Waals surface area contributed by atoms with Crippen LogP contribution in [0.1, 0.15) is 0 Å². The van der Waals surface area contributed by atoms with E-state index in [1.54, 1.807) is 23.0 Å². The van der Waals surface area contributed by atoms with Gasteiger partial charge in [0.2, 0.25) is 0 Å². The van der Waals surface area contributed by atoms with Crippen LogP contribution in [0.25, 0.3) is 0 Å². The van der Waals surface area contributed by atoms with Gasteiger partial charge >= 0.3 is 11.9 Å². The molecule has 0 bridgehead atoms. The summed E-state index contributed by atoms with van der Waals surface area (Å²) in [6, 6.07) is 0. The summed E-state index contributed by atoms with van der Waals surface area (Å²) in [5, 5.41) is 20.5. The number of hydrogen-bond donors (Lipinski definition) is 3. The zero-order valence-corrected chi connectivity index (χ0v) is 7.44. The van der Waals surface area contributed by atoms with Gasteiger partial charge in [-0.3, -0.25) is 0 Å². The smallest absolute Gasteiger partial charge is 0.341 e. The van der Waals surface area contributed by atoms with Crippen LogP contribution in [0.3, 0.4) is 0 Å². The summed E-state index contributed by atoms with van der Waals surface area (Å²) < 4.78 is 0. The maximum absolute atomic E-state index is 10.6. The van der Waals surface area contributed by atoms with Gasteiger partial charge in [0.05, 0.1) is 4.91 Å². The van der Waals surface area contributed by atoms with Gasteiger partial charge < -0.3 is 10.2 Å². The van der Waals surface area contributed by atoms with Crippen molar-refractivity contribution in [1.82, 2.24) is 0 Å². The van der Waals surface area contributed by atoms with E-state index in [1.807, 2.05) is 0 Å². The van der Waals surface area contributed by atoms with Gasteiger partial charge in [-0.15, -0.1) is 0 Å². The summed E-state index contributed by atoms with van der Waals surface area (Å²) in [5.74, 6) is -2.40. The molecular formula is C8H8O4S. The van der Waals surface area contributed by atoms with E-state index >= 15 is 0 Å². The van der Waals surface area contributed by atoms with Crippen molar-refractivity contribution in [2.75, 3.05) is 0 Å². The minimum Gasteiger partial charge on any atom is -0.478 e. The highest BCUT2D eigenvalue weighted by Crippen LogP contribution is 2.41. The molecule has 2 N–H and O–H groups in total. The first-order chi connectivity index (χ1) is 6.11. The maximum Gasteiger partial charge on any atom is 0.341 e.